The molecule has 0 aliphatic carbocycles. The van der Waals surface area contributed by atoms with Gasteiger partial charge in [0.15, 0.2) is 0 Å². The zero-order valence-electron chi connectivity index (χ0n) is 9.73. The van der Waals surface area contributed by atoms with Gasteiger partial charge in [0.25, 0.3) is 0 Å². The van der Waals surface area contributed by atoms with Gasteiger partial charge in [-0.3, -0.25) is 4.79 Å². The molecule has 1 rings (SSSR count). The number of halogens is 3. The second-order valence-corrected chi connectivity index (χ2v) is 5.48. The average molecular weight is 296 g/mol. The highest BCUT2D eigenvalue weighted by molar-refractivity contribution is 7.89. The number of rotatable bonds is 4. The molecular formula is C10H11F3N2O3S. The van der Waals surface area contributed by atoms with Crippen molar-refractivity contribution in [2.24, 2.45) is 5.73 Å². The first-order valence-electron chi connectivity index (χ1n) is 5.03. The molecule has 0 aliphatic rings. The summed E-state index contributed by atoms with van der Waals surface area (Å²) in [5.74, 6) is -0.893. The number of carbonyl (C=O) groups is 1. The van der Waals surface area contributed by atoms with Crippen LogP contribution in [-0.2, 0) is 21.0 Å². The molecule has 0 aliphatic heterocycles. The molecule has 1 aromatic rings. The summed E-state index contributed by atoms with van der Waals surface area (Å²) in [6, 6.07) is 1.73. The van der Waals surface area contributed by atoms with Crippen LogP contribution in [0.15, 0.2) is 29.2 Å². The van der Waals surface area contributed by atoms with Crippen LogP contribution in [-0.4, -0.2) is 20.4 Å². The van der Waals surface area contributed by atoms with Gasteiger partial charge in [-0.05, 0) is 31.2 Å². The van der Waals surface area contributed by atoms with Crippen molar-refractivity contribution in [3.63, 3.8) is 0 Å². The molecule has 1 atom stereocenters. The Morgan fingerprint density at radius 3 is 2.11 bits per heavy atom. The smallest absolute Gasteiger partial charge is 0.368 e. The predicted molar refractivity (Wildman–Crippen MR) is 60.4 cm³/mol. The van der Waals surface area contributed by atoms with E-state index in [0.29, 0.717) is 12.1 Å². The summed E-state index contributed by atoms with van der Waals surface area (Å²) in [7, 11) is -4.08. The lowest BCUT2D eigenvalue weighted by Gasteiger charge is -2.12. The normalized spacial score (nSPS) is 14.1. The van der Waals surface area contributed by atoms with E-state index >= 15 is 0 Å². The minimum Gasteiger partial charge on any atom is -0.368 e. The number of alkyl halides is 3. The van der Waals surface area contributed by atoms with Crippen LogP contribution in [0.3, 0.4) is 0 Å². The SMILES string of the molecule is CC(NS(=O)(=O)c1ccc(C(F)(F)F)cc1)C(N)=O. The van der Waals surface area contributed by atoms with E-state index in [2.05, 4.69) is 0 Å². The fourth-order valence-corrected chi connectivity index (χ4v) is 2.39. The lowest BCUT2D eigenvalue weighted by Crippen LogP contribution is -2.42. The summed E-state index contributed by atoms with van der Waals surface area (Å²) in [5.41, 5.74) is 3.92. The van der Waals surface area contributed by atoms with Crippen molar-refractivity contribution < 1.29 is 26.4 Å². The maximum atomic E-state index is 12.3. The van der Waals surface area contributed by atoms with E-state index in [-0.39, 0.29) is 4.90 Å². The van der Waals surface area contributed by atoms with Gasteiger partial charge >= 0.3 is 6.18 Å². The van der Waals surface area contributed by atoms with Gasteiger partial charge in [0.1, 0.15) is 0 Å². The number of benzene rings is 1. The molecule has 0 fully saturated rings. The van der Waals surface area contributed by atoms with Gasteiger partial charge in [-0.15, -0.1) is 0 Å². The van der Waals surface area contributed by atoms with Crippen molar-refractivity contribution in [1.29, 1.82) is 0 Å². The summed E-state index contributed by atoms with van der Waals surface area (Å²) >= 11 is 0. The van der Waals surface area contributed by atoms with E-state index in [4.69, 9.17) is 5.73 Å². The molecule has 106 valence electrons. The third-order valence-corrected chi connectivity index (χ3v) is 3.81. The molecule has 1 amide bonds. The maximum Gasteiger partial charge on any atom is 0.416 e. The van der Waals surface area contributed by atoms with Gasteiger partial charge in [-0.2, -0.15) is 17.9 Å². The number of primary amides is 1. The first kappa shape index (κ1) is 15.4. The molecule has 0 saturated carbocycles. The molecule has 0 spiro atoms. The van der Waals surface area contributed by atoms with Crippen molar-refractivity contribution in [2.45, 2.75) is 24.0 Å². The first-order chi connectivity index (χ1) is 8.54. The third kappa shape index (κ3) is 3.93. The standard InChI is InChI=1S/C10H11F3N2O3S/c1-6(9(14)16)15-19(17,18)8-4-2-7(3-5-8)10(11,12)13/h2-6,15H,1H3,(H2,14,16). The number of nitrogens with one attached hydrogen (secondary N) is 1. The molecule has 9 heteroatoms. The van der Waals surface area contributed by atoms with Crippen molar-refractivity contribution in [2.75, 3.05) is 0 Å². The van der Waals surface area contributed by atoms with Crippen molar-refractivity contribution in [3.8, 4) is 0 Å². The van der Waals surface area contributed by atoms with Crippen LogP contribution in [0.2, 0.25) is 0 Å². The molecule has 1 aromatic carbocycles. The van der Waals surface area contributed by atoms with Crippen molar-refractivity contribution >= 4 is 15.9 Å². The van der Waals surface area contributed by atoms with Crippen LogP contribution in [0.5, 0.6) is 0 Å². The summed E-state index contributed by atoms with van der Waals surface area (Å²) in [4.78, 5) is 10.4. The number of amides is 1. The molecule has 0 saturated heterocycles. The second kappa shape index (κ2) is 5.17. The van der Waals surface area contributed by atoms with E-state index in [0.717, 1.165) is 12.1 Å². The van der Waals surface area contributed by atoms with Gasteiger partial charge in [0, 0.05) is 0 Å². The van der Waals surface area contributed by atoms with Crippen LogP contribution >= 0.6 is 0 Å². The van der Waals surface area contributed by atoms with Crippen molar-refractivity contribution in [1.82, 2.24) is 4.72 Å². The highest BCUT2D eigenvalue weighted by atomic mass is 32.2. The Morgan fingerprint density at radius 1 is 1.26 bits per heavy atom. The van der Waals surface area contributed by atoms with Gasteiger partial charge in [0.05, 0.1) is 16.5 Å². The Balaban J connectivity index is 3.01. The molecule has 19 heavy (non-hydrogen) atoms. The number of sulfonamides is 1. The molecule has 0 heterocycles. The minimum atomic E-state index is -4.55. The Labute approximate surface area is 107 Å². The number of hydrogen-bond donors (Lipinski definition) is 2. The Kier molecular flexibility index (Phi) is 4.21. The third-order valence-electron chi connectivity index (χ3n) is 2.25. The van der Waals surface area contributed by atoms with Gasteiger partial charge < -0.3 is 5.73 Å². The highest BCUT2D eigenvalue weighted by Gasteiger charge is 2.30. The predicted octanol–water partition coefficient (Wildman–Crippen LogP) is 0.858. The molecule has 1 unspecified atom stereocenters. The lowest BCUT2D eigenvalue weighted by molar-refractivity contribution is -0.137. The Morgan fingerprint density at radius 2 is 1.74 bits per heavy atom. The summed E-state index contributed by atoms with van der Waals surface area (Å²) in [6.45, 7) is 1.23. The zero-order valence-corrected chi connectivity index (χ0v) is 10.5. The monoisotopic (exact) mass is 296 g/mol. The van der Waals surface area contributed by atoms with Gasteiger partial charge in [-0.1, -0.05) is 0 Å². The summed E-state index contributed by atoms with van der Waals surface area (Å²) < 4.78 is 62.3. The van der Waals surface area contributed by atoms with Crippen LogP contribution in [0.25, 0.3) is 0 Å². The quantitative estimate of drug-likeness (QED) is 0.863. The molecule has 3 N–H and O–H groups in total. The molecule has 5 nitrogen and oxygen atoms in total. The number of hydrogen-bond acceptors (Lipinski definition) is 3. The van der Waals surface area contributed by atoms with Crippen molar-refractivity contribution in [3.05, 3.63) is 29.8 Å². The molecule has 0 radical (unpaired) electrons. The fourth-order valence-electron chi connectivity index (χ4n) is 1.18. The number of carbonyl (C=O) groups excluding carboxylic acids is 1. The lowest BCUT2D eigenvalue weighted by atomic mass is 10.2. The van der Waals surface area contributed by atoms with E-state index < -0.39 is 33.7 Å². The second-order valence-electron chi connectivity index (χ2n) is 3.77. The molecule has 0 aromatic heterocycles. The Bertz CT molecular complexity index is 567. The van der Waals surface area contributed by atoms with Crippen LogP contribution in [0.4, 0.5) is 13.2 Å². The van der Waals surface area contributed by atoms with E-state index in [1.165, 1.54) is 6.92 Å². The van der Waals surface area contributed by atoms with E-state index in [1.807, 2.05) is 4.72 Å². The largest absolute Gasteiger partial charge is 0.416 e. The van der Waals surface area contributed by atoms with Gasteiger partial charge in [-0.25, -0.2) is 8.42 Å². The Hall–Kier alpha value is -1.61. The topological polar surface area (TPSA) is 89.3 Å². The van der Waals surface area contributed by atoms with E-state index in [1.54, 1.807) is 0 Å². The van der Waals surface area contributed by atoms with Crippen LogP contribution in [0, 0.1) is 0 Å². The highest BCUT2D eigenvalue weighted by Crippen LogP contribution is 2.29. The van der Waals surface area contributed by atoms with Gasteiger partial charge in [0.2, 0.25) is 15.9 Å². The zero-order chi connectivity index (χ0) is 14.8. The summed E-state index contributed by atoms with van der Waals surface area (Å²) in [5, 5.41) is 0. The fraction of sp³-hybridized carbons (Fsp3) is 0.300. The maximum absolute atomic E-state index is 12.3. The summed E-state index contributed by atoms with van der Waals surface area (Å²) in [6.07, 6.45) is -4.55. The van der Waals surface area contributed by atoms with E-state index in [9.17, 15) is 26.4 Å². The molecular weight excluding hydrogens is 285 g/mol. The first-order valence-corrected chi connectivity index (χ1v) is 6.51. The minimum absolute atomic E-state index is 0.381. The number of nitrogens with two attached hydrogens (primary N) is 1. The van der Waals surface area contributed by atoms with Crippen LogP contribution in [0.1, 0.15) is 12.5 Å². The molecule has 0 bridgehead atoms. The van der Waals surface area contributed by atoms with Crippen LogP contribution < -0.4 is 10.5 Å². The average Bonchev–Trinajstić information content (AvgIpc) is 2.27.